The minimum absolute atomic E-state index is 0.0453. The SMILES string of the molecule is C=CC/C=C(\Cn1c(CC=C)c(C(CC)CCC)c2ccc(C(=O)OC)cc21)C(=O)N1CCN(c2ccncc2)CC1. The topological polar surface area (TPSA) is 67.7 Å². The van der Waals surface area contributed by atoms with Gasteiger partial charge < -0.3 is 19.1 Å². The van der Waals surface area contributed by atoms with E-state index >= 15 is 0 Å². The van der Waals surface area contributed by atoms with E-state index in [1.807, 2.05) is 53.5 Å². The number of rotatable bonds is 13. The molecule has 1 unspecified atom stereocenters. The summed E-state index contributed by atoms with van der Waals surface area (Å²) >= 11 is 0. The number of nitrogens with zero attached hydrogens (tertiary/aromatic N) is 4. The second-order valence-corrected chi connectivity index (χ2v) is 10.8. The Morgan fingerprint density at radius 2 is 1.79 bits per heavy atom. The van der Waals surface area contributed by atoms with E-state index in [2.05, 4.69) is 41.5 Å². The first-order valence-electron chi connectivity index (χ1n) is 15.1. The Bertz CT molecular complexity index is 1430. The molecule has 3 heterocycles. The van der Waals surface area contributed by atoms with Gasteiger partial charge in [0.2, 0.25) is 0 Å². The molecule has 3 aromatic rings. The number of hydrogen-bond donors (Lipinski definition) is 0. The van der Waals surface area contributed by atoms with Crippen LogP contribution in [0.2, 0.25) is 0 Å². The minimum atomic E-state index is -0.373. The van der Waals surface area contributed by atoms with E-state index in [1.165, 1.54) is 12.7 Å². The number of hydrogen-bond acceptors (Lipinski definition) is 5. The Morgan fingerprint density at radius 1 is 1.05 bits per heavy atom. The fourth-order valence-electron chi connectivity index (χ4n) is 6.11. The molecule has 2 aromatic heterocycles. The highest BCUT2D eigenvalue weighted by Gasteiger charge is 2.27. The molecule has 7 heteroatoms. The first-order chi connectivity index (χ1) is 20.5. The summed E-state index contributed by atoms with van der Waals surface area (Å²) in [5.41, 5.74) is 5.75. The van der Waals surface area contributed by atoms with Gasteiger partial charge in [-0.2, -0.15) is 0 Å². The van der Waals surface area contributed by atoms with Gasteiger partial charge in [-0.1, -0.05) is 44.6 Å². The number of anilines is 1. The molecule has 222 valence electrons. The smallest absolute Gasteiger partial charge is 0.337 e. The van der Waals surface area contributed by atoms with Crippen molar-refractivity contribution >= 4 is 28.5 Å². The molecular formula is C35H44N4O3. The third kappa shape index (κ3) is 6.67. The Labute approximate surface area is 250 Å². The largest absolute Gasteiger partial charge is 0.465 e. The molecule has 0 radical (unpaired) electrons. The highest BCUT2D eigenvalue weighted by Crippen LogP contribution is 2.38. The van der Waals surface area contributed by atoms with Crippen LogP contribution in [0.15, 0.2) is 79.7 Å². The second-order valence-electron chi connectivity index (χ2n) is 10.8. The van der Waals surface area contributed by atoms with Crippen LogP contribution in [0.3, 0.4) is 0 Å². The van der Waals surface area contributed by atoms with Gasteiger partial charge in [-0.3, -0.25) is 9.78 Å². The van der Waals surface area contributed by atoms with Crippen LogP contribution in [0.5, 0.6) is 0 Å². The van der Waals surface area contributed by atoms with E-state index in [1.54, 1.807) is 12.4 Å². The van der Waals surface area contributed by atoms with Crippen molar-refractivity contribution in [1.29, 1.82) is 0 Å². The summed E-state index contributed by atoms with van der Waals surface area (Å²) < 4.78 is 7.29. The molecule has 0 bridgehead atoms. The van der Waals surface area contributed by atoms with E-state index in [0.717, 1.165) is 60.2 Å². The lowest BCUT2D eigenvalue weighted by Gasteiger charge is -2.36. The zero-order chi connectivity index (χ0) is 30.1. The maximum atomic E-state index is 14.1. The first-order valence-corrected chi connectivity index (χ1v) is 15.1. The molecule has 1 aliphatic heterocycles. The predicted molar refractivity (Wildman–Crippen MR) is 171 cm³/mol. The van der Waals surface area contributed by atoms with Crippen LogP contribution >= 0.6 is 0 Å². The molecule has 1 saturated heterocycles. The number of pyridine rings is 1. The van der Waals surface area contributed by atoms with Crippen LogP contribution in [0.4, 0.5) is 5.69 Å². The summed E-state index contributed by atoms with van der Waals surface area (Å²) in [4.78, 5) is 35.0. The van der Waals surface area contributed by atoms with E-state index in [4.69, 9.17) is 4.74 Å². The van der Waals surface area contributed by atoms with Crippen LogP contribution in [-0.2, 0) is 22.5 Å². The number of fused-ring (bicyclic) bond motifs is 1. The van der Waals surface area contributed by atoms with Gasteiger partial charge in [0.25, 0.3) is 5.91 Å². The lowest BCUT2D eigenvalue weighted by atomic mass is 9.89. The molecule has 1 aliphatic rings. The Balaban J connectivity index is 1.74. The monoisotopic (exact) mass is 568 g/mol. The van der Waals surface area contributed by atoms with Crippen LogP contribution < -0.4 is 4.90 Å². The highest BCUT2D eigenvalue weighted by atomic mass is 16.5. The summed E-state index contributed by atoms with van der Waals surface area (Å²) in [7, 11) is 1.40. The molecule has 0 spiro atoms. The number of piperazine rings is 1. The quantitative estimate of drug-likeness (QED) is 0.130. The standard InChI is InChI=1S/C35H44N4O3/c1-6-10-13-28(34(40)38-22-20-37(21-23-38)29-16-18-36-19-17-29)25-39-31(12-8-3)33(26(9-4)11-7-2)30-15-14-27(24-32(30)39)35(41)42-5/h6,8,13-19,24,26H,1,3,7,9-12,20-23,25H2,2,4-5H3/b28-13+. The molecule has 0 N–H and O–H groups in total. The van der Waals surface area contributed by atoms with Crippen molar-refractivity contribution in [1.82, 2.24) is 14.5 Å². The van der Waals surface area contributed by atoms with Gasteiger partial charge in [-0.15, -0.1) is 13.2 Å². The number of ether oxygens (including phenoxy) is 1. The Hall–Kier alpha value is -4.13. The zero-order valence-corrected chi connectivity index (χ0v) is 25.3. The van der Waals surface area contributed by atoms with E-state index in [-0.39, 0.29) is 11.9 Å². The van der Waals surface area contributed by atoms with Gasteiger partial charge in [0.05, 0.1) is 19.2 Å². The Morgan fingerprint density at radius 3 is 2.40 bits per heavy atom. The molecule has 42 heavy (non-hydrogen) atoms. The fraction of sp³-hybridized carbons (Fsp3) is 0.400. The molecule has 1 atom stereocenters. The maximum Gasteiger partial charge on any atom is 0.337 e. The van der Waals surface area contributed by atoms with Gasteiger partial charge in [-0.05, 0) is 55.0 Å². The lowest BCUT2D eigenvalue weighted by Crippen LogP contribution is -2.49. The first kappa shape index (κ1) is 30.8. The number of aromatic nitrogens is 2. The van der Waals surface area contributed by atoms with Crippen LogP contribution in [0.25, 0.3) is 10.9 Å². The zero-order valence-electron chi connectivity index (χ0n) is 25.3. The number of allylic oxidation sites excluding steroid dienone is 3. The van der Waals surface area contributed by atoms with Crippen LogP contribution in [0.1, 0.15) is 67.1 Å². The Kier molecular flexibility index (Phi) is 10.8. The summed E-state index contributed by atoms with van der Waals surface area (Å²) in [5, 5.41) is 1.13. The summed E-state index contributed by atoms with van der Waals surface area (Å²) in [6, 6.07) is 9.83. The predicted octanol–water partition coefficient (Wildman–Crippen LogP) is 6.70. The molecule has 1 amide bonds. The number of esters is 1. The maximum absolute atomic E-state index is 14.1. The van der Waals surface area contributed by atoms with E-state index < -0.39 is 0 Å². The number of carbonyl (C=O) groups excluding carboxylic acids is 2. The number of amides is 1. The van der Waals surface area contributed by atoms with Crippen LogP contribution in [0, 0.1) is 0 Å². The van der Waals surface area contributed by atoms with Gasteiger partial charge in [0.1, 0.15) is 0 Å². The molecular weight excluding hydrogens is 524 g/mol. The number of benzene rings is 1. The molecule has 0 aliphatic carbocycles. The summed E-state index contributed by atoms with van der Waals surface area (Å²) in [5.74, 6) is 0.0433. The lowest BCUT2D eigenvalue weighted by molar-refractivity contribution is -0.127. The minimum Gasteiger partial charge on any atom is -0.465 e. The van der Waals surface area contributed by atoms with Crippen molar-refractivity contribution in [2.75, 3.05) is 38.2 Å². The highest BCUT2D eigenvalue weighted by molar-refractivity contribution is 5.97. The van der Waals surface area contributed by atoms with Crippen molar-refractivity contribution in [3.63, 3.8) is 0 Å². The average Bonchev–Trinajstić information content (AvgIpc) is 3.33. The van der Waals surface area contributed by atoms with E-state index in [0.29, 0.717) is 44.0 Å². The average molecular weight is 569 g/mol. The third-order valence-corrected chi connectivity index (χ3v) is 8.24. The normalized spacial score (nSPS) is 14.6. The van der Waals surface area contributed by atoms with Crippen LogP contribution in [-0.4, -0.2) is 59.6 Å². The van der Waals surface area contributed by atoms with Gasteiger partial charge in [-0.25, -0.2) is 4.79 Å². The molecule has 1 fully saturated rings. The van der Waals surface area contributed by atoms with Gasteiger partial charge in [0, 0.05) is 72.9 Å². The third-order valence-electron chi connectivity index (χ3n) is 8.24. The number of methoxy groups -OCH3 is 1. The second kappa shape index (κ2) is 14.7. The van der Waals surface area contributed by atoms with Gasteiger partial charge >= 0.3 is 5.97 Å². The van der Waals surface area contributed by atoms with Gasteiger partial charge in [0.15, 0.2) is 0 Å². The molecule has 4 rings (SSSR count). The van der Waals surface area contributed by atoms with E-state index in [9.17, 15) is 9.59 Å². The van der Waals surface area contributed by atoms with Crippen molar-refractivity contribution in [3.8, 4) is 0 Å². The van der Waals surface area contributed by atoms with Crippen molar-refractivity contribution in [2.24, 2.45) is 0 Å². The summed E-state index contributed by atoms with van der Waals surface area (Å²) in [6.45, 7) is 15.6. The molecule has 0 saturated carbocycles. The van der Waals surface area contributed by atoms with Crippen molar-refractivity contribution in [3.05, 3.63) is 96.5 Å². The number of carbonyl (C=O) groups is 2. The molecule has 1 aromatic carbocycles. The molecule has 7 nitrogen and oxygen atoms in total. The van der Waals surface area contributed by atoms with Crippen molar-refractivity contribution in [2.45, 2.75) is 58.4 Å². The fourth-order valence-corrected chi connectivity index (χ4v) is 6.11. The van der Waals surface area contributed by atoms with Crippen molar-refractivity contribution < 1.29 is 14.3 Å². The summed E-state index contributed by atoms with van der Waals surface area (Å²) in [6.07, 6.45) is 13.8.